The predicted octanol–water partition coefficient (Wildman–Crippen LogP) is 2.83. The molecule has 1 atom stereocenters. The first-order chi connectivity index (χ1) is 15.1. The van der Waals surface area contributed by atoms with Gasteiger partial charge in [0.1, 0.15) is 18.4 Å². The third-order valence-electron chi connectivity index (χ3n) is 5.74. The van der Waals surface area contributed by atoms with Crippen LogP contribution in [-0.2, 0) is 9.47 Å². The second kappa shape index (κ2) is 7.84. The summed E-state index contributed by atoms with van der Waals surface area (Å²) in [5.74, 6) is -1.23. The molecule has 0 bridgehead atoms. The van der Waals surface area contributed by atoms with Crippen molar-refractivity contribution < 1.29 is 24.2 Å². The van der Waals surface area contributed by atoms with Crippen LogP contribution in [0.3, 0.4) is 0 Å². The molecule has 2 heterocycles. The van der Waals surface area contributed by atoms with Gasteiger partial charge in [0.05, 0.1) is 13.2 Å². The predicted molar refractivity (Wildman–Crippen MR) is 109 cm³/mol. The monoisotopic (exact) mass is 420 g/mol. The minimum atomic E-state index is -1.20. The number of carbonyl (C=O) groups excluding carboxylic acids is 1. The number of benzene rings is 2. The van der Waals surface area contributed by atoms with E-state index in [4.69, 9.17) is 9.47 Å². The Balaban J connectivity index is 1.29. The van der Waals surface area contributed by atoms with Gasteiger partial charge in [0.2, 0.25) is 0 Å². The molecule has 2 N–H and O–H groups in total. The van der Waals surface area contributed by atoms with Gasteiger partial charge in [0, 0.05) is 12.5 Å². The zero-order valence-corrected chi connectivity index (χ0v) is 16.5. The highest BCUT2D eigenvalue weighted by Gasteiger charge is 2.33. The maximum Gasteiger partial charge on any atom is 0.409 e. The van der Waals surface area contributed by atoms with Crippen LogP contribution in [0.2, 0.25) is 0 Å². The first-order valence-electron chi connectivity index (χ1n) is 9.99. The molecular weight excluding hydrogens is 400 g/mol. The summed E-state index contributed by atoms with van der Waals surface area (Å²) >= 11 is 0. The summed E-state index contributed by atoms with van der Waals surface area (Å²) in [7, 11) is 0. The van der Waals surface area contributed by atoms with E-state index in [1.165, 1.54) is 4.90 Å². The zero-order chi connectivity index (χ0) is 21.4. The largest absolute Gasteiger partial charge is 0.476 e. The van der Waals surface area contributed by atoms with Gasteiger partial charge in [-0.1, -0.05) is 48.5 Å². The molecule has 5 rings (SSSR count). The number of aromatic amines is 1. The Bertz CT molecular complexity index is 1100. The molecule has 3 aromatic rings. The lowest BCUT2D eigenvalue weighted by Crippen LogP contribution is -2.43. The molecule has 1 fully saturated rings. The number of nitrogens with zero attached hydrogens (tertiary/aromatic N) is 3. The fourth-order valence-corrected chi connectivity index (χ4v) is 4.29. The Morgan fingerprint density at radius 2 is 1.77 bits per heavy atom. The molecular formula is C22H20N4O5. The molecule has 1 amide bonds. The van der Waals surface area contributed by atoms with E-state index in [1.807, 2.05) is 24.3 Å². The molecule has 1 saturated heterocycles. The number of hydrogen-bond acceptors (Lipinski definition) is 6. The highest BCUT2D eigenvalue weighted by molar-refractivity contribution is 5.86. The summed E-state index contributed by atoms with van der Waals surface area (Å²) in [6.07, 6.45) is -1.14. The number of hydrogen-bond donors (Lipinski definition) is 2. The highest BCUT2D eigenvalue weighted by Crippen LogP contribution is 2.44. The second-order valence-electron chi connectivity index (χ2n) is 7.47. The van der Waals surface area contributed by atoms with E-state index in [2.05, 4.69) is 39.7 Å². The molecule has 9 heteroatoms. The van der Waals surface area contributed by atoms with Crippen LogP contribution in [0.4, 0.5) is 4.79 Å². The van der Waals surface area contributed by atoms with Crippen molar-refractivity contribution in [3.63, 3.8) is 0 Å². The minimum absolute atomic E-state index is 0.0256. The number of carbonyl (C=O) groups is 2. The SMILES string of the molecule is O=C(O)c1n[nH]nc1C1CN(C(=O)OCC2c3ccccc3-c3ccccc32)CCO1. The van der Waals surface area contributed by atoms with Crippen molar-refractivity contribution in [2.24, 2.45) is 0 Å². The summed E-state index contributed by atoms with van der Waals surface area (Å²) in [4.78, 5) is 25.6. The molecule has 9 nitrogen and oxygen atoms in total. The summed E-state index contributed by atoms with van der Waals surface area (Å²) in [5, 5.41) is 19.1. The number of nitrogens with one attached hydrogen (secondary N) is 1. The van der Waals surface area contributed by atoms with E-state index in [1.54, 1.807) is 0 Å². The van der Waals surface area contributed by atoms with Gasteiger partial charge in [-0.2, -0.15) is 10.3 Å². The number of H-pyrrole nitrogens is 1. The van der Waals surface area contributed by atoms with E-state index in [9.17, 15) is 14.7 Å². The van der Waals surface area contributed by atoms with Crippen LogP contribution in [-0.4, -0.2) is 63.8 Å². The lowest BCUT2D eigenvalue weighted by Gasteiger charge is -2.31. The molecule has 2 aromatic carbocycles. The lowest BCUT2D eigenvalue weighted by atomic mass is 9.98. The topological polar surface area (TPSA) is 118 Å². The number of aromatic carboxylic acids is 1. The third kappa shape index (κ3) is 3.42. The summed E-state index contributed by atoms with van der Waals surface area (Å²) in [6, 6.07) is 16.3. The number of fused-ring (bicyclic) bond motifs is 3. The van der Waals surface area contributed by atoms with Crippen LogP contribution < -0.4 is 0 Å². The molecule has 1 aromatic heterocycles. The van der Waals surface area contributed by atoms with E-state index in [-0.39, 0.29) is 37.1 Å². The molecule has 1 unspecified atom stereocenters. The highest BCUT2D eigenvalue weighted by atomic mass is 16.6. The fraction of sp³-hybridized carbons (Fsp3) is 0.273. The quantitative estimate of drug-likeness (QED) is 0.666. The van der Waals surface area contributed by atoms with Crippen LogP contribution >= 0.6 is 0 Å². The summed E-state index contributed by atoms with van der Waals surface area (Å²) < 4.78 is 11.3. The smallest absolute Gasteiger partial charge is 0.409 e. The van der Waals surface area contributed by atoms with Crippen molar-refractivity contribution in [3.05, 3.63) is 71.0 Å². The van der Waals surface area contributed by atoms with Gasteiger partial charge in [-0.15, -0.1) is 5.10 Å². The van der Waals surface area contributed by atoms with Crippen molar-refractivity contribution in [2.45, 2.75) is 12.0 Å². The number of carboxylic acid groups (broad SMARTS) is 1. The Morgan fingerprint density at radius 1 is 1.10 bits per heavy atom. The first-order valence-corrected chi connectivity index (χ1v) is 9.99. The van der Waals surface area contributed by atoms with Gasteiger partial charge < -0.3 is 19.5 Å². The number of morpholine rings is 1. The third-order valence-corrected chi connectivity index (χ3v) is 5.74. The Labute approximate surface area is 177 Å². The summed E-state index contributed by atoms with van der Waals surface area (Å²) in [5.41, 5.74) is 4.58. The molecule has 158 valence electrons. The Hall–Kier alpha value is -3.72. The van der Waals surface area contributed by atoms with Crippen LogP contribution in [0.25, 0.3) is 11.1 Å². The number of carboxylic acids is 1. The van der Waals surface area contributed by atoms with Crippen LogP contribution in [0.15, 0.2) is 48.5 Å². The Morgan fingerprint density at radius 3 is 2.45 bits per heavy atom. The van der Waals surface area contributed by atoms with Crippen molar-refractivity contribution in [1.82, 2.24) is 20.3 Å². The van der Waals surface area contributed by atoms with E-state index in [0.29, 0.717) is 6.54 Å². The van der Waals surface area contributed by atoms with E-state index < -0.39 is 18.2 Å². The maximum atomic E-state index is 12.8. The summed E-state index contributed by atoms with van der Waals surface area (Å²) in [6.45, 7) is 0.969. The van der Waals surface area contributed by atoms with Gasteiger partial charge >= 0.3 is 12.1 Å². The molecule has 31 heavy (non-hydrogen) atoms. The van der Waals surface area contributed by atoms with Crippen LogP contribution in [0.1, 0.15) is 39.3 Å². The van der Waals surface area contributed by atoms with Gasteiger partial charge in [-0.05, 0) is 22.3 Å². The number of ether oxygens (including phenoxy) is 2. The second-order valence-corrected chi connectivity index (χ2v) is 7.47. The molecule has 0 spiro atoms. The van der Waals surface area contributed by atoms with Crippen molar-refractivity contribution in [2.75, 3.05) is 26.3 Å². The van der Waals surface area contributed by atoms with Crippen LogP contribution in [0, 0.1) is 0 Å². The van der Waals surface area contributed by atoms with Crippen molar-refractivity contribution in [1.29, 1.82) is 0 Å². The Kier molecular flexibility index (Phi) is 4.87. The van der Waals surface area contributed by atoms with Crippen LogP contribution in [0.5, 0.6) is 0 Å². The van der Waals surface area contributed by atoms with Crippen molar-refractivity contribution in [3.8, 4) is 11.1 Å². The normalized spacial score (nSPS) is 17.8. The van der Waals surface area contributed by atoms with E-state index in [0.717, 1.165) is 22.3 Å². The van der Waals surface area contributed by atoms with Gasteiger partial charge in [0.15, 0.2) is 5.69 Å². The average Bonchev–Trinajstić information content (AvgIpc) is 3.41. The lowest BCUT2D eigenvalue weighted by molar-refractivity contribution is -0.0311. The molecule has 1 aliphatic carbocycles. The number of amides is 1. The molecule has 1 aliphatic heterocycles. The number of rotatable bonds is 4. The van der Waals surface area contributed by atoms with Gasteiger partial charge in [0.25, 0.3) is 0 Å². The first kappa shape index (κ1) is 19.3. The standard InChI is InChI=1S/C22H20N4O5/c27-21(28)20-19(23-25-24-20)18-11-26(9-10-30-18)22(29)31-12-17-15-7-3-1-5-13(15)14-6-2-4-8-16(14)17/h1-8,17-18H,9-12H2,(H,27,28)(H,23,24,25). The van der Waals surface area contributed by atoms with Crippen molar-refractivity contribution >= 4 is 12.1 Å². The molecule has 2 aliphatic rings. The zero-order valence-electron chi connectivity index (χ0n) is 16.5. The average molecular weight is 420 g/mol. The molecule has 0 radical (unpaired) electrons. The van der Waals surface area contributed by atoms with Gasteiger partial charge in [-0.25, -0.2) is 9.59 Å². The number of aromatic nitrogens is 3. The fourth-order valence-electron chi connectivity index (χ4n) is 4.29. The molecule has 0 saturated carbocycles. The van der Waals surface area contributed by atoms with Gasteiger partial charge in [-0.3, -0.25) is 0 Å². The van der Waals surface area contributed by atoms with E-state index >= 15 is 0 Å². The minimum Gasteiger partial charge on any atom is -0.476 e. The maximum absolute atomic E-state index is 12.8.